The largest absolute Gasteiger partial charge is 0.480 e. The van der Waals surface area contributed by atoms with Gasteiger partial charge < -0.3 is 14.8 Å². The van der Waals surface area contributed by atoms with Gasteiger partial charge in [0.25, 0.3) is 5.91 Å². The first-order valence-electron chi connectivity index (χ1n) is 12.3. The van der Waals surface area contributed by atoms with Crippen molar-refractivity contribution in [3.63, 3.8) is 0 Å². The van der Waals surface area contributed by atoms with E-state index in [-0.39, 0.29) is 35.5 Å². The van der Waals surface area contributed by atoms with Gasteiger partial charge in [-0.25, -0.2) is 32.7 Å². The molecule has 2 amide bonds. The number of pyridine rings is 1. The predicted octanol–water partition coefficient (Wildman–Crippen LogP) is 3.44. The van der Waals surface area contributed by atoms with E-state index in [0.717, 1.165) is 6.07 Å². The number of nitrogens with zero attached hydrogens (tertiary/aromatic N) is 5. The van der Waals surface area contributed by atoms with Crippen LogP contribution >= 0.6 is 0 Å². The lowest BCUT2D eigenvalue weighted by Gasteiger charge is -2.44. The van der Waals surface area contributed by atoms with Gasteiger partial charge in [0.2, 0.25) is 5.88 Å². The minimum atomic E-state index is -3.07. The molecule has 0 aromatic carbocycles. The van der Waals surface area contributed by atoms with Crippen LogP contribution in [0.1, 0.15) is 64.1 Å². The number of carbonyl (C=O) groups is 2. The standard InChI is InChI=1S/C25H32FN7O5S/c1-23(2,3)38-22(35)32-21-24(4,5)39(36)16(10-11-29-39)25(6,33-21)19-14(26)8-9-17(30-19)31-20(34)15-12-28-18(37-7)13-27-15/h8-9,12-13,16H,10-11H2,1-7H3,(H,30,31,34)(H,32,33,35)/t16-,25-,39+/m0/s1. The summed E-state index contributed by atoms with van der Waals surface area (Å²) in [4.78, 5) is 42.5. The Hall–Kier alpha value is -3.68. The molecular weight excluding hydrogens is 529 g/mol. The first-order valence-corrected chi connectivity index (χ1v) is 13.8. The number of amidine groups is 1. The molecule has 0 fully saturated rings. The van der Waals surface area contributed by atoms with Gasteiger partial charge in [0, 0.05) is 6.54 Å². The van der Waals surface area contributed by atoms with Crippen molar-refractivity contribution in [2.45, 2.75) is 69.1 Å². The average molecular weight is 562 g/mol. The number of anilines is 1. The van der Waals surface area contributed by atoms with Crippen molar-refractivity contribution in [2.75, 3.05) is 19.0 Å². The molecular formula is C25H32FN7O5S. The number of hydrogen-bond acceptors (Lipinski definition) is 10. The molecule has 0 spiro atoms. The number of methoxy groups -OCH3 is 1. The first kappa shape index (κ1) is 28.3. The number of alkyl carbamates (subject to hydrolysis) is 1. The quantitative estimate of drug-likeness (QED) is 0.575. The molecule has 0 aliphatic carbocycles. The molecule has 0 saturated heterocycles. The Morgan fingerprint density at radius 1 is 1.13 bits per heavy atom. The monoisotopic (exact) mass is 561 g/mol. The van der Waals surface area contributed by atoms with Gasteiger partial charge in [0.05, 0.1) is 34.5 Å². The van der Waals surface area contributed by atoms with E-state index in [0.29, 0.717) is 6.42 Å². The molecule has 210 valence electrons. The lowest BCUT2D eigenvalue weighted by atomic mass is 9.89. The third-order valence-electron chi connectivity index (χ3n) is 6.59. The lowest BCUT2D eigenvalue weighted by molar-refractivity contribution is 0.0560. The fourth-order valence-electron chi connectivity index (χ4n) is 4.61. The number of carbonyl (C=O) groups excluding carboxylic acids is 2. The van der Waals surface area contributed by atoms with E-state index in [4.69, 9.17) is 14.5 Å². The van der Waals surface area contributed by atoms with E-state index < -0.39 is 48.7 Å². The summed E-state index contributed by atoms with van der Waals surface area (Å²) in [5, 5.41) is 4.51. The molecule has 2 aliphatic rings. The lowest BCUT2D eigenvalue weighted by Crippen LogP contribution is -2.61. The zero-order valence-corrected chi connectivity index (χ0v) is 23.7. The third-order valence-corrected chi connectivity index (χ3v) is 10.3. The van der Waals surface area contributed by atoms with Crippen LogP contribution < -0.4 is 15.4 Å². The SMILES string of the molecule is COc1cnc(C(=O)Nc2ccc(F)c([C@@]3(C)N=C(NC(=O)OC(C)(C)C)C(C)(C)[S@@]4(=O)=NCC[C@@H]34)n2)cn1. The number of amides is 2. The van der Waals surface area contributed by atoms with Crippen molar-refractivity contribution in [3.8, 4) is 5.88 Å². The van der Waals surface area contributed by atoms with Crippen molar-refractivity contribution in [1.82, 2.24) is 20.3 Å². The van der Waals surface area contributed by atoms with E-state index in [1.54, 1.807) is 41.5 Å². The summed E-state index contributed by atoms with van der Waals surface area (Å²) in [5.41, 5.74) is -2.42. The van der Waals surface area contributed by atoms with Gasteiger partial charge in [0.1, 0.15) is 44.7 Å². The summed E-state index contributed by atoms with van der Waals surface area (Å²) in [6, 6.07) is 2.44. The Bertz CT molecular complexity index is 1460. The number of aliphatic imine (C=N–C) groups is 1. The molecule has 2 aromatic rings. The molecule has 12 nitrogen and oxygen atoms in total. The van der Waals surface area contributed by atoms with E-state index in [2.05, 4.69) is 29.9 Å². The van der Waals surface area contributed by atoms with Crippen LogP contribution in [0.25, 0.3) is 0 Å². The second-order valence-electron chi connectivity index (χ2n) is 10.9. The predicted molar refractivity (Wildman–Crippen MR) is 143 cm³/mol. The molecule has 2 aromatic heterocycles. The Labute approximate surface area is 226 Å². The summed E-state index contributed by atoms with van der Waals surface area (Å²) in [6.45, 7) is 10.4. The van der Waals surface area contributed by atoms with Gasteiger partial charge in [-0.1, -0.05) is 0 Å². The third kappa shape index (κ3) is 5.16. The summed E-state index contributed by atoms with van der Waals surface area (Å²) in [7, 11) is -1.65. The topological polar surface area (TPSA) is 157 Å². The van der Waals surface area contributed by atoms with Crippen LogP contribution in [0, 0.1) is 5.82 Å². The van der Waals surface area contributed by atoms with E-state index >= 15 is 4.39 Å². The van der Waals surface area contributed by atoms with Crippen LogP contribution in [0.2, 0.25) is 0 Å². The number of nitrogens with one attached hydrogen (secondary N) is 2. The molecule has 0 bridgehead atoms. The highest BCUT2D eigenvalue weighted by molar-refractivity contribution is 7.96. The van der Waals surface area contributed by atoms with Gasteiger partial charge >= 0.3 is 6.09 Å². The molecule has 4 heterocycles. The summed E-state index contributed by atoms with van der Waals surface area (Å²) in [6.07, 6.45) is 2.11. The second kappa shape index (κ2) is 9.81. The molecule has 3 atom stereocenters. The smallest absolute Gasteiger partial charge is 0.413 e. The number of ether oxygens (including phenoxy) is 2. The molecule has 2 N–H and O–H groups in total. The van der Waals surface area contributed by atoms with Crippen LogP contribution in [-0.2, 0) is 20.0 Å². The van der Waals surface area contributed by atoms with Gasteiger partial charge in [-0.15, -0.1) is 0 Å². The number of fused-ring (bicyclic) bond motifs is 1. The van der Waals surface area contributed by atoms with Crippen LogP contribution in [0.5, 0.6) is 5.88 Å². The zero-order chi connectivity index (χ0) is 28.8. The van der Waals surface area contributed by atoms with Crippen LogP contribution in [-0.4, -0.2) is 66.2 Å². The van der Waals surface area contributed by atoms with Crippen LogP contribution in [0.3, 0.4) is 0 Å². The Morgan fingerprint density at radius 2 is 1.85 bits per heavy atom. The van der Waals surface area contributed by atoms with Crippen LogP contribution in [0.15, 0.2) is 33.9 Å². The summed E-state index contributed by atoms with van der Waals surface area (Å²) >= 11 is 0. The number of rotatable bonds is 4. The fraction of sp³-hybridized carbons (Fsp3) is 0.520. The van der Waals surface area contributed by atoms with E-state index in [9.17, 15) is 13.8 Å². The highest BCUT2D eigenvalue weighted by Gasteiger charge is 2.58. The minimum absolute atomic E-state index is 0.00594. The Morgan fingerprint density at radius 3 is 2.46 bits per heavy atom. The molecule has 39 heavy (non-hydrogen) atoms. The van der Waals surface area contributed by atoms with Crippen molar-refractivity contribution in [1.29, 1.82) is 0 Å². The van der Waals surface area contributed by atoms with Gasteiger partial charge in [-0.2, -0.15) is 0 Å². The van der Waals surface area contributed by atoms with Crippen molar-refractivity contribution < 1.29 is 27.7 Å². The van der Waals surface area contributed by atoms with Gasteiger partial charge in [-0.05, 0) is 60.1 Å². The highest BCUT2D eigenvalue weighted by atomic mass is 32.2. The van der Waals surface area contributed by atoms with Gasteiger partial charge in [0.15, 0.2) is 0 Å². The number of aromatic nitrogens is 3. The molecule has 4 rings (SSSR count). The van der Waals surface area contributed by atoms with Crippen molar-refractivity contribution in [3.05, 3.63) is 41.7 Å². The summed E-state index contributed by atoms with van der Waals surface area (Å²) < 4.78 is 43.5. The molecule has 14 heteroatoms. The number of halogens is 1. The van der Waals surface area contributed by atoms with Crippen molar-refractivity contribution in [2.24, 2.45) is 9.36 Å². The molecule has 0 radical (unpaired) electrons. The maximum absolute atomic E-state index is 15.4. The molecule has 2 aliphatic heterocycles. The normalized spacial score (nSPS) is 25.5. The zero-order valence-electron chi connectivity index (χ0n) is 22.9. The first-order chi connectivity index (χ1) is 18.1. The summed E-state index contributed by atoms with van der Waals surface area (Å²) in [5.74, 6) is -1.02. The maximum Gasteiger partial charge on any atom is 0.413 e. The highest BCUT2D eigenvalue weighted by Crippen LogP contribution is 2.47. The molecule has 0 saturated carbocycles. The number of hydrogen-bond donors (Lipinski definition) is 2. The fourth-order valence-corrected chi connectivity index (χ4v) is 7.79. The van der Waals surface area contributed by atoms with E-state index in [1.165, 1.54) is 25.6 Å². The second-order valence-corrected chi connectivity index (χ2v) is 13.9. The van der Waals surface area contributed by atoms with E-state index in [1.807, 2.05) is 0 Å². The van der Waals surface area contributed by atoms with Crippen molar-refractivity contribution >= 4 is 33.4 Å². The van der Waals surface area contributed by atoms with Crippen LogP contribution in [0.4, 0.5) is 15.0 Å². The minimum Gasteiger partial charge on any atom is -0.480 e. The molecule has 0 unspecified atom stereocenters. The van der Waals surface area contributed by atoms with Gasteiger partial charge in [-0.3, -0.25) is 15.1 Å². The average Bonchev–Trinajstić information content (AvgIpc) is 3.27. The Balaban J connectivity index is 1.76. The Kier molecular flexibility index (Phi) is 7.13. The maximum atomic E-state index is 15.4.